The standard InChI is InChI=1S/C25H30ClN5O/c1-28-9-2-10-30(14-11-28)24-8-5-21(18-27)22(17-24)19-29-12-15-31(16-13-29)25(32)20-3-6-23(26)7-4-20/h3-8,17H,2,9-16,19H2,1H3. The van der Waals surface area contributed by atoms with Crippen LogP contribution in [0.15, 0.2) is 42.5 Å². The lowest BCUT2D eigenvalue weighted by Gasteiger charge is -2.35. The summed E-state index contributed by atoms with van der Waals surface area (Å²) in [5.41, 5.74) is 3.68. The molecule has 6 nitrogen and oxygen atoms in total. The Bertz CT molecular complexity index is 979. The summed E-state index contributed by atoms with van der Waals surface area (Å²) in [5, 5.41) is 10.3. The van der Waals surface area contributed by atoms with E-state index in [1.165, 1.54) is 5.69 Å². The van der Waals surface area contributed by atoms with Crippen LogP contribution in [0.2, 0.25) is 5.02 Å². The van der Waals surface area contributed by atoms with Crippen molar-refractivity contribution >= 4 is 23.2 Å². The van der Waals surface area contributed by atoms with Crippen LogP contribution in [0.1, 0.15) is 27.9 Å². The molecule has 2 aliphatic heterocycles. The molecule has 2 saturated heterocycles. The molecular formula is C25H30ClN5O. The second-order valence-electron chi connectivity index (χ2n) is 8.67. The van der Waals surface area contributed by atoms with Gasteiger partial charge in [-0.3, -0.25) is 9.69 Å². The summed E-state index contributed by atoms with van der Waals surface area (Å²) in [7, 11) is 2.17. The van der Waals surface area contributed by atoms with Gasteiger partial charge in [-0.25, -0.2) is 0 Å². The average Bonchev–Trinajstić information content (AvgIpc) is 3.04. The molecule has 32 heavy (non-hydrogen) atoms. The Morgan fingerprint density at radius 3 is 2.44 bits per heavy atom. The highest BCUT2D eigenvalue weighted by Gasteiger charge is 2.23. The van der Waals surface area contributed by atoms with Crippen molar-refractivity contribution in [2.24, 2.45) is 0 Å². The highest BCUT2D eigenvalue weighted by molar-refractivity contribution is 6.30. The molecule has 0 aromatic heterocycles. The largest absolute Gasteiger partial charge is 0.370 e. The van der Waals surface area contributed by atoms with Crippen molar-refractivity contribution in [2.45, 2.75) is 13.0 Å². The van der Waals surface area contributed by atoms with Crippen molar-refractivity contribution in [3.05, 3.63) is 64.2 Å². The molecule has 168 valence electrons. The first-order chi connectivity index (χ1) is 15.5. The van der Waals surface area contributed by atoms with Gasteiger partial charge >= 0.3 is 0 Å². The third kappa shape index (κ3) is 5.42. The second kappa shape index (κ2) is 10.4. The number of rotatable bonds is 4. The van der Waals surface area contributed by atoms with Crippen LogP contribution in [0.4, 0.5) is 5.69 Å². The Morgan fingerprint density at radius 1 is 0.969 bits per heavy atom. The van der Waals surface area contributed by atoms with Crippen molar-refractivity contribution in [1.82, 2.24) is 14.7 Å². The Balaban J connectivity index is 1.39. The topological polar surface area (TPSA) is 53.8 Å². The molecular weight excluding hydrogens is 422 g/mol. The first kappa shape index (κ1) is 22.6. The molecule has 0 N–H and O–H groups in total. The van der Waals surface area contributed by atoms with Crippen molar-refractivity contribution < 1.29 is 4.79 Å². The third-order valence-electron chi connectivity index (χ3n) is 6.44. The molecule has 0 atom stereocenters. The van der Waals surface area contributed by atoms with E-state index in [1.54, 1.807) is 24.3 Å². The van der Waals surface area contributed by atoms with Crippen LogP contribution in [-0.4, -0.2) is 80.0 Å². The Kier molecular flexibility index (Phi) is 7.31. The highest BCUT2D eigenvalue weighted by Crippen LogP contribution is 2.23. The molecule has 0 aliphatic carbocycles. The van der Waals surface area contributed by atoms with Crippen LogP contribution in [0.5, 0.6) is 0 Å². The van der Waals surface area contributed by atoms with Crippen molar-refractivity contribution in [1.29, 1.82) is 5.26 Å². The molecule has 0 spiro atoms. The van der Waals surface area contributed by atoms with Gasteiger partial charge in [0, 0.05) is 68.6 Å². The molecule has 2 fully saturated rings. The first-order valence-corrected chi connectivity index (χ1v) is 11.6. The number of carbonyl (C=O) groups is 1. The smallest absolute Gasteiger partial charge is 0.253 e. The fourth-order valence-electron chi connectivity index (χ4n) is 4.45. The van der Waals surface area contributed by atoms with Gasteiger partial charge in [-0.15, -0.1) is 0 Å². The van der Waals surface area contributed by atoms with Gasteiger partial charge in [0.2, 0.25) is 0 Å². The van der Waals surface area contributed by atoms with Crippen LogP contribution in [0, 0.1) is 11.3 Å². The number of carbonyl (C=O) groups excluding carboxylic acids is 1. The highest BCUT2D eigenvalue weighted by atomic mass is 35.5. The molecule has 0 radical (unpaired) electrons. The van der Waals surface area contributed by atoms with Crippen LogP contribution in [-0.2, 0) is 6.54 Å². The van der Waals surface area contributed by atoms with Crippen LogP contribution in [0.25, 0.3) is 0 Å². The predicted molar refractivity (Wildman–Crippen MR) is 128 cm³/mol. The number of likely N-dealkylation sites (N-methyl/N-ethyl adjacent to an activating group) is 1. The van der Waals surface area contributed by atoms with E-state index in [4.69, 9.17) is 11.6 Å². The number of benzene rings is 2. The Labute approximate surface area is 195 Å². The first-order valence-electron chi connectivity index (χ1n) is 11.3. The maximum absolute atomic E-state index is 12.8. The molecule has 0 bridgehead atoms. The normalized spacial score (nSPS) is 18.3. The maximum atomic E-state index is 12.8. The van der Waals surface area contributed by atoms with Crippen LogP contribution in [0.3, 0.4) is 0 Å². The quantitative estimate of drug-likeness (QED) is 0.713. The summed E-state index contributed by atoms with van der Waals surface area (Å²) in [6.45, 7) is 7.91. The fourth-order valence-corrected chi connectivity index (χ4v) is 4.57. The van der Waals surface area contributed by atoms with Gasteiger partial charge in [-0.05, 0) is 68.0 Å². The lowest BCUT2D eigenvalue weighted by Crippen LogP contribution is -2.48. The number of nitriles is 1. The van der Waals surface area contributed by atoms with Gasteiger partial charge < -0.3 is 14.7 Å². The number of anilines is 1. The monoisotopic (exact) mass is 451 g/mol. The van der Waals surface area contributed by atoms with E-state index in [1.807, 2.05) is 11.0 Å². The minimum absolute atomic E-state index is 0.0483. The van der Waals surface area contributed by atoms with Gasteiger partial charge in [0.05, 0.1) is 11.6 Å². The minimum Gasteiger partial charge on any atom is -0.370 e. The predicted octanol–water partition coefficient (Wildman–Crippen LogP) is 3.31. The molecule has 1 amide bonds. The number of hydrogen-bond acceptors (Lipinski definition) is 5. The van der Waals surface area contributed by atoms with E-state index in [0.29, 0.717) is 23.7 Å². The lowest BCUT2D eigenvalue weighted by molar-refractivity contribution is 0.0628. The minimum atomic E-state index is 0.0483. The zero-order valence-electron chi connectivity index (χ0n) is 18.6. The molecule has 7 heteroatoms. The van der Waals surface area contributed by atoms with Gasteiger partial charge in [-0.1, -0.05) is 11.6 Å². The summed E-state index contributed by atoms with van der Waals surface area (Å²) in [6.07, 6.45) is 1.15. The van der Waals surface area contributed by atoms with E-state index in [-0.39, 0.29) is 5.91 Å². The molecule has 0 unspecified atom stereocenters. The van der Waals surface area contributed by atoms with Crippen molar-refractivity contribution in [3.63, 3.8) is 0 Å². The molecule has 0 saturated carbocycles. The number of amides is 1. The van der Waals surface area contributed by atoms with Gasteiger partial charge in [0.25, 0.3) is 5.91 Å². The van der Waals surface area contributed by atoms with Crippen molar-refractivity contribution in [3.8, 4) is 6.07 Å². The second-order valence-corrected chi connectivity index (χ2v) is 9.11. The third-order valence-corrected chi connectivity index (χ3v) is 6.69. The van der Waals surface area contributed by atoms with Crippen LogP contribution >= 0.6 is 11.6 Å². The van der Waals surface area contributed by atoms with E-state index < -0.39 is 0 Å². The van der Waals surface area contributed by atoms with Crippen molar-refractivity contribution in [2.75, 3.05) is 64.3 Å². The fraction of sp³-hybridized carbons (Fsp3) is 0.440. The Hall–Kier alpha value is -2.59. The number of hydrogen-bond donors (Lipinski definition) is 0. The van der Waals surface area contributed by atoms with E-state index in [0.717, 1.165) is 63.4 Å². The zero-order valence-corrected chi connectivity index (χ0v) is 19.4. The van der Waals surface area contributed by atoms with Crippen LogP contribution < -0.4 is 4.90 Å². The summed E-state index contributed by atoms with van der Waals surface area (Å²) in [5.74, 6) is 0.0483. The maximum Gasteiger partial charge on any atom is 0.253 e. The van der Waals surface area contributed by atoms with E-state index in [2.05, 4.69) is 39.9 Å². The Morgan fingerprint density at radius 2 is 1.72 bits per heavy atom. The summed E-state index contributed by atoms with van der Waals surface area (Å²) in [4.78, 5) is 21.8. The molecule has 2 aromatic rings. The number of piperazine rings is 1. The summed E-state index contributed by atoms with van der Waals surface area (Å²) >= 11 is 5.94. The molecule has 2 aromatic carbocycles. The summed E-state index contributed by atoms with van der Waals surface area (Å²) in [6, 6.07) is 15.7. The lowest BCUT2D eigenvalue weighted by atomic mass is 10.1. The van der Waals surface area contributed by atoms with Gasteiger partial charge in [0.1, 0.15) is 0 Å². The average molecular weight is 452 g/mol. The molecule has 4 rings (SSSR count). The summed E-state index contributed by atoms with van der Waals surface area (Å²) < 4.78 is 0. The van der Waals surface area contributed by atoms with E-state index in [9.17, 15) is 10.1 Å². The van der Waals surface area contributed by atoms with Gasteiger partial charge in [-0.2, -0.15) is 5.26 Å². The number of halogens is 1. The SMILES string of the molecule is CN1CCCN(c2ccc(C#N)c(CN3CCN(C(=O)c4ccc(Cl)cc4)CC3)c2)CC1. The zero-order chi connectivity index (χ0) is 22.5. The molecule has 2 heterocycles. The van der Waals surface area contributed by atoms with Gasteiger partial charge in [0.15, 0.2) is 0 Å². The van der Waals surface area contributed by atoms with E-state index >= 15 is 0 Å². The number of nitrogens with zero attached hydrogens (tertiary/aromatic N) is 5. The molecule has 2 aliphatic rings.